The summed E-state index contributed by atoms with van der Waals surface area (Å²) in [7, 11) is 0. The lowest BCUT2D eigenvalue weighted by molar-refractivity contribution is -0.105. The Morgan fingerprint density at radius 2 is 2.04 bits per heavy atom. The fourth-order valence-corrected chi connectivity index (χ4v) is 2.32. The smallest absolute Gasteiger partial charge is 0.285 e. The van der Waals surface area contributed by atoms with Crippen LogP contribution in [0.15, 0.2) is 54.0 Å². The Bertz CT molecular complexity index is 929. The largest absolute Gasteiger partial charge is 0.312 e. The van der Waals surface area contributed by atoms with Crippen molar-refractivity contribution in [2.75, 3.05) is 5.32 Å². The maximum Gasteiger partial charge on any atom is 0.285 e. The van der Waals surface area contributed by atoms with E-state index in [1.807, 2.05) is 18.2 Å². The highest BCUT2D eigenvalue weighted by Gasteiger charge is 2.18. The number of allylic oxidation sites excluding steroid dienone is 1. The average Bonchev–Trinajstić information content (AvgIpc) is 3.04. The minimum absolute atomic E-state index is 0.210. The second kappa shape index (κ2) is 6.69. The van der Waals surface area contributed by atoms with Crippen molar-refractivity contribution in [3.05, 3.63) is 65.4 Å². The molecule has 0 saturated heterocycles. The number of hydrogen-bond donors (Lipinski definition) is 2. The van der Waals surface area contributed by atoms with Crippen molar-refractivity contribution in [3.8, 4) is 16.9 Å². The van der Waals surface area contributed by atoms with Gasteiger partial charge in [0, 0.05) is 12.0 Å². The Kier molecular flexibility index (Phi) is 4.28. The van der Waals surface area contributed by atoms with Gasteiger partial charge in [-0.05, 0) is 0 Å². The fraction of sp³-hybridized carbons (Fsp3) is 0.0625. The molecular weight excluding hydrogens is 308 g/mol. The first-order valence-corrected chi connectivity index (χ1v) is 7.15. The van der Waals surface area contributed by atoms with Crippen LogP contribution in [0.2, 0.25) is 0 Å². The Labute approximate surface area is 136 Å². The van der Waals surface area contributed by atoms with Gasteiger partial charge in [-0.15, -0.1) is 16.8 Å². The molecule has 0 radical (unpaired) electrons. The zero-order valence-electron chi connectivity index (χ0n) is 12.6. The molecule has 1 amide bonds. The quantitative estimate of drug-likeness (QED) is 0.526. The first-order chi connectivity index (χ1) is 11.8. The normalized spacial score (nSPS) is 10.3. The van der Waals surface area contributed by atoms with Crippen LogP contribution in [0, 0.1) is 0 Å². The molecule has 0 fully saturated rings. The van der Waals surface area contributed by atoms with E-state index in [1.165, 1.54) is 10.8 Å². The molecule has 0 aliphatic rings. The van der Waals surface area contributed by atoms with Crippen LogP contribution in [0.4, 0.5) is 5.82 Å². The minimum Gasteiger partial charge on any atom is -0.312 e. The lowest BCUT2D eigenvalue weighted by atomic mass is 10.1. The number of H-pyrrole nitrogens is 1. The van der Waals surface area contributed by atoms with Crippen LogP contribution in [-0.2, 0) is 11.2 Å². The number of anilines is 1. The van der Waals surface area contributed by atoms with Crippen LogP contribution in [0.3, 0.4) is 0 Å². The molecule has 2 aromatic heterocycles. The first-order valence-electron chi connectivity index (χ1n) is 7.15. The van der Waals surface area contributed by atoms with Crippen molar-refractivity contribution >= 4 is 12.2 Å². The van der Waals surface area contributed by atoms with E-state index in [2.05, 4.69) is 32.3 Å². The molecule has 120 valence electrons. The predicted molar refractivity (Wildman–Crippen MR) is 88.8 cm³/mol. The number of nitrogens with zero attached hydrogens (tertiary/aromatic N) is 4. The predicted octanol–water partition coefficient (Wildman–Crippen LogP) is 1.31. The van der Waals surface area contributed by atoms with E-state index in [0.717, 1.165) is 0 Å². The van der Waals surface area contributed by atoms with E-state index in [-0.39, 0.29) is 11.3 Å². The van der Waals surface area contributed by atoms with Gasteiger partial charge in [0.2, 0.25) is 6.41 Å². The number of carbonyl (C=O) groups is 1. The second-order valence-corrected chi connectivity index (χ2v) is 4.86. The van der Waals surface area contributed by atoms with Gasteiger partial charge in [0.1, 0.15) is 11.5 Å². The van der Waals surface area contributed by atoms with E-state index in [4.69, 9.17) is 0 Å². The molecule has 0 bridgehead atoms. The van der Waals surface area contributed by atoms with Crippen LogP contribution in [0.1, 0.15) is 5.82 Å². The highest BCUT2D eigenvalue weighted by Crippen LogP contribution is 2.18. The fourth-order valence-electron chi connectivity index (χ4n) is 2.32. The van der Waals surface area contributed by atoms with Gasteiger partial charge < -0.3 is 5.32 Å². The lowest BCUT2D eigenvalue weighted by Crippen LogP contribution is -2.27. The molecule has 8 heteroatoms. The highest BCUT2D eigenvalue weighted by atomic mass is 16.1. The Balaban J connectivity index is 2.25. The average molecular weight is 322 g/mol. The number of hydrogen-bond acceptors (Lipinski definition) is 5. The molecule has 2 heterocycles. The van der Waals surface area contributed by atoms with E-state index in [9.17, 15) is 9.59 Å². The molecule has 3 aromatic rings. The van der Waals surface area contributed by atoms with Gasteiger partial charge in [-0.2, -0.15) is 5.10 Å². The summed E-state index contributed by atoms with van der Waals surface area (Å²) in [6, 6.07) is 9.04. The number of aromatic amines is 1. The van der Waals surface area contributed by atoms with Crippen LogP contribution in [-0.4, -0.2) is 31.4 Å². The third-order valence-corrected chi connectivity index (χ3v) is 3.37. The van der Waals surface area contributed by atoms with Gasteiger partial charge in [-0.1, -0.05) is 36.4 Å². The van der Waals surface area contributed by atoms with Crippen molar-refractivity contribution in [2.45, 2.75) is 6.42 Å². The standard InChI is InChI=1S/C16H14N6O2/c1-2-6-13-19-20-14(11-7-4-3-5-8-11)16(24)22(13)12-9-18-21-15(12)17-10-23/h2-5,7-10H,1,6H2,(H2,17,18,21,23). The van der Waals surface area contributed by atoms with Gasteiger partial charge in [-0.3, -0.25) is 19.3 Å². The zero-order chi connectivity index (χ0) is 16.9. The van der Waals surface area contributed by atoms with Gasteiger partial charge in [0.15, 0.2) is 11.5 Å². The molecule has 24 heavy (non-hydrogen) atoms. The summed E-state index contributed by atoms with van der Waals surface area (Å²) < 4.78 is 1.37. The molecule has 0 atom stereocenters. The number of nitrogens with one attached hydrogen (secondary N) is 2. The molecule has 0 unspecified atom stereocenters. The Hall–Kier alpha value is -3.55. The summed E-state index contributed by atoms with van der Waals surface area (Å²) in [5, 5.41) is 17.2. The van der Waals surface area contributed by atoms with Crippen molar-refractivity contribution in [2.24, 2.45) is 0 Å². The van der Waals surface area contributed by atoms with Crippen LogP contribution < -0.4 is 10.9 Å². The van der Waals surface area contributed by atoms with Gasteiger partial charge in [0.05, 0.1) is 6.20 Å². The Morgan fingerprint density at radius 3 is 2.75 bits per heavy atom. The molecular formula is C16H14N6O2. The van der Waals surface area contributed by atoms with Crippen LogP contribution in [0.25, 0.3) is 16.9 Å². The summed E-state index contributed by atoms with van der Waals surface area (Å²) in [4.78, 5) is 23.7. The van der Waals surface area contributed by atoms with E-state index in [0.29, 0.717) is 35.7 Å². The number of aromatic nitrogens is 5. The Morgan fingerprint density at radius 1 is 1.25 bits per heavy atom. The van der Waals surface area contributed by atoms with Gasteiger partial charge in [-0.25, -0.2) is 0 Å². The third kappa shape index (κ3) is 2.72. The second-order valence-electron chi connectivity index (χ2n) is 4.86. The number of amides is 1. The van der Waals surface area contributed by atoms with Crippen molar-refractivity contribution in [1.29, 1.82) is 0 Å². The summed E-state index contributed by atoms with van der Waals surface area (Å²) in [5.74, 6) is 0.689. The number of benzene rings is 1. The maximum absolute atomic E-state index is 13.0. The van der Waals surface area contributed by atoms with Gasteiger partial charge in [0.25, 0.3) is 5.56 Å². The van der Waals surface area contributed by atoms with Crippen molar-refractivity contribution in [3.63, 3.8) is 0 Å². The van der Waals surface area contributed by atoms with Crippen molar-refractivity contribution < 1.29 is 4.79 Å². The topological polar surface area (TPSA) is 106 Å². The molecule has 2 N–H and O–H groups in total. The molecule has 1 aromatic carbocycles. The molecule has 0 aliphatic heterocycles. The summed E-state index contributed by atoms with van der Waals surface area (Å²) in [5.41, 5.74) is 0.892. The van der Waals surface area contributed by atoms with E-state index < -0.39 is 0 Å². The molecule has 0 saturated carbocycles. The minimum atomic E-state index is -0.358. The monoisotopic (exact) mass is 322 g/mol. The summed E-state index contributed by atoms with van der Waals surface area (Å²) in [6.07, 6.45) is 3.90. The van der Waals surface area contributed by atoms with Crippen LogP contribution >= 0.6 is 0 Å². The molecule has 0 aliphatic carbocycles. The van der Waals surface area contributed by atoms with Gasteiger partial charge >= 0.3 is 0 Å². The zero-order valence-corrected chi connectivity index (χ0v) is 12.6. The summed E-state index contributed by atoms with van der Waals surface area (Å²) in [6.45, 7) is 3.67. The van der Waals surface area contributed by atoms with E-state index in [1.54, 1.807) is 18.2 Å². The highest BCUT2D eigenvalue weighted by molar-refractivity contribution is 5.74. The molecule has 3 rings (SSSR count). The number of rotatable bonds is 6. The maximum atomic E-state index is 13.0. The van der Waals surface area contributed by atoms with E-state index >= 15 is 0 Å². The number of carbonyl (C=O) groups excluding carboxylic acids is 1. The lowest BCUT2D eigenvalue weighted by Gasteiger charge is -2.11. The van der Waals surface area contributed by atoms with Crippen molar-refractivity contribution in [1.82, 2.24) is 25.0 Å². The third-order valence-electron chi connectivity index (χ3n) is 3.37. The summed E-state index contributed by atoms with van der Waals surface area (Å²) >= 11 is 0. The molecule has 0 spiro atoms. The molecule has 8 nitrogen and oxygen atoms in total. The first kappa shape index (κ1) is 15.3. The van der Waals surface area contributed by atoms with Crippen LogP contribution in [0.5, 0.6) is 0 Å². The SMILES string of the molecule is C=CCc1nnc(-c2ccccc2)c(=O)n1-c1cn[nH]c1NC=O.